The van der Waals surface area contributed by atoms with Crippen LogP contribution in [0.2, 0.25) is 0 Å². The molecular formula is C22H25S+. The summed E-state index contributed by atoms with van der Waals surface area (Å²) in [5, 5.41) is 0. The highest BCUT2D eigenvalue weighted by Gasteiger charge is 2.53. The molecule has 0 saturated heterocycles. The number of thiol groups is 1. The predicted octanol–water partition coefficient (Wildman–Crippen LogP) is 5.46. The van der Waals surface area contributed by atoms with Crippen LogP contribution in [0.1, 0.15) is 43.6 Å². The summed E-state index contributed by atoms with van der Waals surface area (Å²) >= 11 is 1.33. The van der Waals surface area contributed by atoms with Crippen LogP contribution in [0.25, 0.3) is 0 Å². The lowest BCUT2D eigenvalue weighted by molar-refractivity contribution is 0.232. The average Bonchev–Trinajstić information content (AvgIpc) is 3.30. The van der Waals surface area contributed by atoms with E-state index in [2.05, 4.69) is 54.6 Å². The monoisotopic (exact) mass is 321 g/mol. The van der Waals surface area contributed by atoms with Crippen molar-refractivity contribution in [2.45, 2.75) is 47.8 Å². The van der Waals surface area contributed by atoms with Crippen molar-refractivity contribution >= 4 is 11.8 Å². The van der Waals surface area contributed by atoms with E-state index in [0.717, 1.165) is 29.6 Å². The van der Waals surface area contributed by atoms with Gasteiger partial charge in [0.05, 0.1) is 0 Å². The summed E-state index contributed by atoms with van der Waals surface area (Å²) in [6, 6.07) is 20.4. The minimum Gasteiger partial charge on any atom is -0.0619 e. The van der Waals surface area contributed by atoms with E-state index in [-0.39, 0.29) is 0 Å². The molecule has 2 bridgehead atoms. The summed E-state index contributed by atoms with van der Waals surface area (Å²) in [5.74, 6) is 5.10. The second kappa shape index (κ2) is 5.70. The molecular weight excluding hydrogens is 296 g/mol. The fourth-order valence-corrected chi connectivity index (χ4v) is 6.82. The van der Waals surface area contributed by atoms with Crippen LogP contribution in [-0.2, 0) is 11.8 Å². The van der Waals surface area contributed by atoms with Crippen molar-refractivity contribution < 1.29 is 0 Å². The maximum absolute atomic E-state index is 2.43. The molecule has 3 aliphatic rings. The number of fused-ring (bicyclic) bond motifs is 5. The molecule has 3 fully saturated rings. The van der Waals surface area contributed by atoms with Gasteiger partial charge < -0.3 is 0 Å². The third-order valence-electron chi connectivity index (χ3n) is 6.76. The van der Waals surface area contributed by atoms with Gasteiger partial charge in [0.15, 0.2) is 9.79 Å². The molecule has 0 spiro atoms. The average molecular weight is 322 g/mol. The van der Waals surface area contributed by atoms with E-state index < -0.39 is 0 Å². The van der Waals surface area contributed by atoms with E-state index in [1.807, 2.05) is 0 Å². The first-order valence-electron chi connectivity index (χ1n) is 9.25. The highest BCUT2D eigenvalue weighted by molar-refractivity contribution is 7.78. The third-order valence-corrected chi connectivity index (χ3v) is 7.88. The Hall–Kier alpha value is -1.21. The van der Waals surface area contributed by atoms with Crippen LogP contribution in [0, 0.1) is 23.7 Å². The fourth-order valence-electron chi connectivity index (χ4n) is 5.90. The zero-order valence-corrected chi connectivity index (χ0v) is 14.5. The minimum atomic E-state index is 0.863. The van der Waals surface area contributed by atoms with Crippen LogP contribution in [0.5, 0.6) is 0 Å². The molecule has 23 heavy (non-hydrogen) atoms. The highest BCUT2D eigenvalue weighted by atomic mass is 32.2. The Bertz CT molecular complexity index is 675. The van der Waals surface area contributed by atoms with Crippen molar-refractivity contribution in [1.82, 2.24) is 0 Å². The van der Waals surface area contributed by atoms with E-state index in [0.29, 0.717) is 0 Å². The molecule has 0 aromatic heterocycles. The zero-order valence-electron chi connectivity index (χ0n) is 13.6. The maximum Gasteiger partial charge on any atom is 0.158 e. The van der Waals surface area contributed by atoms with Gasteiger partial charge in [0.2, 0.25) is 0 Å². The molecule has 118 valence electrons. The smallest absolute Gasteiger partial charge is 0.0619 e. The van der Waals surface area contributed by atoms with Gasteiger partial charge in [0.25, 0.3) is 0 Å². The van der Waals surface area contributed by atoms with Gasteiger partial charge in [-0.1, -0.05) is 36.8 Å². The lowest BCUT2D eigenvalue weighted by atomic mass is 9.73. The molecule has 0 amide bonds. The van der Waals surface area contributed by atoms with Gasteiger partial charge in [-0.15, -0.1) is 0 Å². The molecule has 0 nitrogen and oxygen atoms in total. The first-order chi connectivity index (χ1) is 11.4. The molecule has 0 radical (unpaired) electrons. The summed E-state index contributed by atoms with van der Waals surface area (Å²) in [6.45, 7) is 0. The Morgan fingerprint density at radius 3 is 2.26 bits per heavy atom. The molecule has 3 saturated carbocycles. The van der Waals surface area contributed by atoms with Crippen molar-refractivity contribution in [2.75, 3.05) is 0 Å². The van der Waals surface area contributed by atoms with E-state index >= 15 is 0 Å². The number of benzene rings is 2. The molecule has 0 heterocycles. The molecule has 5 unspecified atom stereocenters. The molecule has 5 rings (SSSR count). The zero-order chi connectivity index (χ0) is 15.2. The fraction of sp³-hybridized carbons (Fsp3) is 0.455. The van der Waals surface area contributed by atoms with E-state index in [1.165, 1.54) is 53.7 Å². The minimum absolute atomic E-state index is 0.863. The number of rotatable bonds is 3. The van der Waals surface area contributed by atoms with E-state index in [4.69, 9.17) is 0 Å². The number of hydrogen-bond acceptors (Lipinski definition) is 0. The second-order valence-electron chi connectivity index (χ2n) is 7.80. The molecule has 3 aliphatic carbocycles. The van der Waals surface area contributed by atoms with Gasteiger partial charge >= 0.3 is 0 Å². The lowest BCUT2D eigenvalue weighted by Crippen LogP contribution is -2.23. The Kier molecular flexibility index (Phi) is 3.51. The van der Waals surface area contributed by atoms with Gasteiger partial charge in [-0.2, -0.15) is 0 Å². The van der Waals surface area contributed by atoms with E-state index in [1.54, 1.807) is 5.56 Å². The lowest BCUT2D eigenvalue weighted by Gasteiger charge is -2.31. The van der Waals surface area contributed by atoms with Crippen LogP contribution in [-0.4, -0.2) is 0 Å². The summed E-state index contributed by atoms with van der Waals surface area (Å²) in [5.41, 5.74) is 1.62. The normalized spacial score (nSPS) is 34.7. The van der Waals surface area contributed by atoms with Gasteiger partial charge in [0, 0.05) is 11.8 Å². The van der Waals surface area contributed by atoms with Crippen LogP contribution in [0.4, 0.5) is 0 Å². The van der Waals surface area contributed by atoms with Gasteiger partial charge in [-0.05, 0) is 85.1 Å². The summed E-state index contributed by atoms with van der Waals surface area (Å²) in [7, 11) is 0. The van der Waals surface area contributed by atoms with Crippen LogP contribution >= 0.6 is 0 Å². The van der Waals surface area contributed by atoms with Gasteiger partial charge in [-0.25, -0.2) is 0 Å². The summed E-state index contributed by atoms with van der Waals surface area (Å²) in [6.07, 6.45) is 7.57. The molecule has 1 heteroatoms. The van der Waals surface area contributed by atoms with E-state index in [9.17, 15) is 0 Å². The van der Waals surface area contributed by atoms with Gasteiger partial charge in [0.1, 0.15) is 0 Å². The van der Waals surface area contributed by atoms with Crippen molar-refractivity contribution in [3.05, 3.63) is 60.2 Å². The molecule has 2 aromatic rings. The Balaban J connectivity index is 1.33. The Morgan fingerprint density at radius 2 is 1.43 bits per heavy atom. The Labute approximate surface area is 143 Å². The summed E-state index contributed by atoms with van der Waals surface area (Å²) in [4.78, 5) is 2.80. The first-order valence-corrected chi connectivity index (χ1v) is 10.1. The summed E-state index contributed by atoms with van der Waals surface area (Å²) < 4.78 is 0. The largest absolute Gasteiger partial charge is 0.158 e. The molecule has 0 aliphatic heterocycles. The second-order valence-corrected chi connectivity index (χ2v) is 9.06. The van der Waals surface area contributed by atoms with Crippen LogP contribution in [0.3, 0.4) is 0 Å². The van der Waals surface area contributed by atoms with Crippen LogP contribution < -0.4 is 0 Å². The standard InChI is InChI=1S/C22H24S/c1-2-5-17(6-3-1)23-18-11-9-15(10-12-18)21-13-16-14-22(21)20-8-4-7-19(16)20/h1-3,5-6,9-12,16,19-22H,4,7-8,13-14H2/p+1. The van der Waals surface area contributed by atoms with Gasteiger partial charge in [-0.3, -0.25) is 0 Å². The predicted molar refractivity (Wildman–Crippen MR) is 98.0 cm³/mol. The van der Waals surface area contributed by atoms with Crippen molar-refractivity contribution in [3.63, 3.8) is 0 Å². The first kappa shape index (κ1) is 14.2. The topological polar surface area (TPSA) is 0 Å². The maximum atomic E-state index is 2.43. The molecule has 2 aromatic carbocycles. The molecule has 5 atom stereocenters. The molecule has 0 N–H and O–H groups in total. The van der Waals surface area contributed by atoms with Crippen molar-refractivity contribution in [2.24, 2.45) is 23.7 Å². The SMILES string of the molecule is c1ccc([SH+]c2ccc(C3CC4CC3C3CCCC43)cc2)cc1. The third kappa shape index (κ3) is 2.45. The quantitative estimate of drug-likeness (QED) is 0.520. The van der Waals surface area contributed by atoms with Crippen LogP contribution in [0.15, 0.2) is 64.4 Å². The number of hydrogen-bond donors (Lipinski definition) is 0. The van der Waals surface area contributed by atoms with Crippen molar-refractivity contribution in [3.8, 4) is 0 Å². The van der Waals surface area contributed by atoms with Crippen molar-refractivity contribution in [1.29, 1.82) is 0 Å². The Morgan fingerprint density at radius 1 is 0.696 bits per heavy atom. The highest BCUT2D eigenvalue weighted by Crippen LogP contribution is 2.63.